The zero-order valence-corrected chi connectivity index (χ0v) is 27.2. The van der Waals surface area contributed by atoms with Crippen LogP contribution in [0.25, 0.3) is 0 Å². The number of hydrogen-bond acceptors (Lipinski definition) is 5. The van der Waals surface area contributed by atoms with E-state index in [1.54, 1.807) is 60.7 Å². The van der Waals surface area contributed by atoms with E-state index >= 15 is 0 Å². The lowest BCUT2D eigenvalue weighted by Gasteiger charge is -2.34. The SMILES string of the molecule is COc1ccc(S(=O)(=O)N(CC(=O)N(Cc2cccc(Cl)c2)[C@H](Cc2ccccc2)C(=O)NCC(C)C)c2ccccc2)cc1. The second-order valence-corrected chi connectivity index (χ2v) is 13.3. The molecule has 45 heavy (non-hydrogen) atoms. The van der Waals surface area contributed by atoms with Crippen molar-refractivity contribution in [2.75, 3.05) is 24.5 Å². The summed E-state index contributed by atoms with van der Waals surface area (Å²) in [6, 6.07) is 30.0. The molecule has 1 atom stereocenters. The van der Waals surface area contributed by atoms with Crippen LogP contribution in [-0.2, 0) is 32.6 Å². The second-order valence-electron chi connectivity index (χ2n) is 11.0. The molecule has 0 aliphatic rings. The fraction of sp³-hybridized carbons (Fsp3) is 0.257. The van der Waals surface area contributed by atoms with Crippen LogP contribution in [0.4, 0.5) is 5.69 Å². The molecule has 4 rings (SSSR count). The number of carbonyl (C=O) groups is 2. The standard InChI is InChI=1S/C35H38ClN3O5S/c1-26(2)23-37-35(41)33(22-27-11-6-4-7-12-27)38(24-28-13-10-14-29(36)21-28)34(40)25-39(30-15-8-5-9-16-30)45(42,43)32-19-17-31(44-3)18-20-32/h4-21,26,33H,22-25H2,1-3H3,(H,37,41)/t33-/m1/s1. The molecule has 0 fully saturated rings. The first kappa shape index (κ1) is 33.6. The number of nitrogens with one attached hydrogen (secondary N) is 1. The lowest BCUT2D eigenvalue weighted by atomic mass is 10.0. The molecule has 10 heteroatoms. The molecule has 4 aromatic rings. The van der Waals surface area contributed by atoms with Gasteiger partial charge in [-0.3, -0.25) is 13.9 Å². The Morgan fingerprint density at radius 1 is 0.844 bits per heavy atom. The number of nitrogens with zero attached hydrogens (tertiary/aromatic N) is 2. The van der Waals surface area contributed by atoms with Crippen molar-refractivity contribution in [3.8, 4) is 5.75 Å². The summed E-state index contributed by atoms with van der Waals surface area (Å²) in [5.74, 6) is -0.185. The molecule has 1 N–H and O–H groups in total. The van der Waals surface area contributed by atoms with Crippen molar-refractivity contribution in [2.24, 2.45) is 5.92 Å². The van der Waals surface area contributed by atoms with Crippen LogP contribution >= 0.6 is 11.6 Å². The number of carbonyl (C=O) groups excluding carboxylic acids is 2. The van der Waals surface area contributed by atoms with Gasteiger partial charge in [0.25, 0.3) is 10.0 Å². The molecule has 0 spiro atoms. The van der Waals surface area contributed by atoms with E-state index in [9.17, 15) is 18.0 Å². The van der Waals surface area contributed by atoms with E-state index in [1.807, 2.05) is 50.2 Å². The number of rotatable bonds is 14. The largest absolute Gasteiger partial charge is 0.497 e. The summed E-state index contributed by atoms with van der Waals surface area (Å²) in [5.41, 5.74) is 1.87. The third kappa shape index (κ3) is 9.09. The van der Waals surface area contributed by atoms with Gasteiger partial charge in [0.1, 0.15) is 18.3 Å². The molecule has 8 nitrogen and oxygen atoms in total. The van der Waals surface area contributed by atoms with Crippen LogP contribution in [0.15, 0.2) is 114 Å². The first-order valence-electron chi connectivity index (χ1n) is 14.7. The maximum Gasteiger partial charge on any atom is 0.264 e. The number of sulfonamides is 1. The van der Waals surface area contributed by atoms with E-state index in [-0.39, 0.29) is 29.7 Å². The fourth-order valence-corrected chi connectivity index (χ4v) is 6.43. The molecule has 2 amide bonds. The minimum atomic E-state index is -4.20. The Bertz CT molecular complexity index is 1670. The van der Waals surface area contributed by atoms with Crippen molar-refractivity contribution in [1.29, 1.82) is 0 Å². The van der Waals surface area contributed by atoms with Crippen molar-refractivity contribution in [1.82, 2.24) is 10.2 Å². The highest BCUT2D eigenvalue weighted by Crippen LogP contribution is 2.26. The molecule has 0 heterocycles. The normalized spacial score (nSPS) is 11.9. The molecule has 0 unspecified atom stereocenters. The highest BCUT2D eigenvalue weighted by Gasteiger charge is 2.34. The van der Waals surface area contributed by atoms with E-state index in [2.05, 4.69) is 5.32 Å². The van der Waals surface area contributed by atoms with Crippen LogP contribution in [0.5, 0.6) is 5.75 Å². The van der Waals surface area contributed by atoms with Crippen LogP contribution in [0.3, 0.4) is 0 Å². The topological polar surface area (TPSA) is 96.0 Å². The van der Waals surface area contributed by atoms with Gasteiger partial charge >= 0.3 is 0 Å². The smallest absolute Gasteiger partial charge is 0.264 e. The zero-order chi connectivity index (χ0) is 32.4. The minimum absolute atomic E-state index is 0.00291. The van der Waals surface area contributed by atoms with E-state index in [4.69, 9.17) is 16.3 Å². The number of halogens is 1. The zero-order valence-electron chi connectivity index (χ0n) is 25.6. The Morgan fingerprint density at radius 2 is 1.47 bits per heavy atom. The van der Waals surface area contributed by atoms with Crippen molar-refractivity contribution >= 4 is 39.1 Å². The van der Waals surface area contributed by atoms with Crippen molar-refractivity contribution in [3.05, 3.63) is 125 Å². The van der Waals surface area contributed by atoms with Crippen LogP contribution in [0, 0.1) is 5.92 Å². The lowest BCUT2D eigenvalue weighted by molar-refractivity contribution is -0.140. The third-order valence-electron chi connectivity index (χ3n) is 7.17. The molecule has 0 saturated carbocycles. The van der Waals surface area contributed by atoms with Gasteiger partial charge in [-0.1, -0.05) is 86.1 Å². The van der Waals surface area contributed by atoms with Gasteiger partial charge in [0.2, 0.25) is 11.8 Å². The Kier molecular flexibility index (Phi) is 11.6. The number of benzene rings is 4. The van der Waals surface area contributed by atoms with E-state index in [0.29, 0.717) is 28.6 Å². The summed E-state index contributed by atoms with van der Waals surface area (Å²) in [5, 5.41) is 3.47. The number of hydrogen-bond donors (Lipinski definition) is 1. The summed E-state index contributed by atoms with van der Waals surface area (Å²) in [7, 11) is -2.71. The average Bonchev–Trinajstić information content (AvgIpc) is 3.04. The molecule has 4 aromatic carbocycles. The minimum Gasteiger partial charge on any atom is -0.497 e. The molecule has 0 aliphatic carbocycles. The Balaban J connectivity index is 1.78. The maximum absolute atomic E-state index is 14.5. The van der Waals surface area contributed by atoms with Gasteiger partial charge in [0.05, 0.1) is 17.7 Å². The molecule has 236 valence electrons. The van der Waals surface area contributed by atoms with Crippen LogP contribution < -0.4 is 14.4 Å². The van der Waals surface area contributed by atoms with Crippen molar-refractivity contribution in [2.45, 2.75) is 37.8 Å². The van der Waals surface area contributed by atoms with Gasteiger partial charge in [-0.15, -0.1) is 0 Å². The first-order chi connectivity index (χ1) is 21.6. The summed E-state index contributed by atoms with van der Waals surface area (Å²) in [6.45, 7) is 3.90. The molecular weight excluding hydrogens is 610 g/mol. The van der Waals surface area contributed by atoms with Gasteiger partial charge in [-0.05, 0) is 65.6 Å². The van der Waals surface area contributed by atoms with Crippen molar-refractivity contribution in [3.63, 3.8) is 0 Å². The number of amides is 2. The molecule has 0 aliphatic heterocycles. The fourth-order valence-electron chi connectivity index (χ4n) is 4.81. The molecule has 0 bridgehead atoms. The molecule has 0 aromatic heterocycles. The predicted molar refractivity (Wildman–Crippen MR) is 178 cm³/mol. The highest BCUT2D eigenvalue weighted by molar-refractivity contribution is 7.92. The molecule has 0 saturated heterocycles. The number of para-hydroxylation sites is 1. The first-order valence-corrected chi connectivity index (χ1v) is 16.5. The number of methoxy groups -OCH3 is 1. The predicted octanol–water partition coefficient (Wildman–Crippen LogP) is 5.96. The second kappa shape index (κ2) is 15.6. The summed E-state index contributed by atoms with van der Waals surface area (Å²) >= 11 is 6.30. The summed E-state index contributed by atoms with van der Waals surface area (Å²) in [6.07, 6.45) is 0.230. The number of anilines is 1. The summed E-state index contributed by atoms with van der Waals surface area (Å²) < 4.78 is 34.4. The van der Waals surface area contributed by atoms with Crippen LogP contribution in [0.1, 0.15) is 25.0 Å². The quantitative estimate of drug-likeness (QED) is 0.182. The third-order valence-corrected chi connectivity index (χ3v) is 9.19. The highest BCUT2D eigenvalue weighted by atomic mass is 35.5. The van der Waals surface area contributed by atoms with Crippen LogP contribution in [0.2, 0.25) is 5.02 Å². The van der Waals surface area contributed by atoms with Gasteiger partial charge in [-0.2, -0.15) is 0 Å². The van der Waals surface area contributed by atoms with Gasteiger partial charge in [0.15, 0.2) is 0 Å². The van der Waals surface area contributed by atoms with Gasteiger partial charge in [0, 0.05) is 24.5 Å². The monoisotopic (exact) mass is 647 g/mol. The van der Waals surface area contributed by atoms with E-state index < -0.39 is 28.5 Å². The lowest BCUT2D eigenvalue weighted by Crippen LogP contribution is -2.53. The maximum atomic E-state index is 14.5. The molecule has 0 radical (unpaired) electrons. The Hall–Kier alpha value is -4.34. The average molecular weight is 648 g/mol. The van der Waals surface area contributed by atoms with E-state index in [1.165, 1.54) is 24.1 Å². The van der Waals surface area contributed by atoms with Crippen molar-refractivity contribution < 1.29 is 22.7 Å². The summed E-state index contributed by atoms with van der Waals surface area (Å²) in [4.78, 5) is 29.7. The number of ether oxygens (including phenoxy) is 1. The Morgan fingerprint density at radius 3 is 2.07 bits per heavy atom. The van der Waals surface area contributed by atoms with Gasteiger partial charge in [-0.25, -0.2) is 8.42 Å². The van der Waals surface area contributed by atoms with Crippen LogP contribution in [-0.4, -0.2) is 51.4 Å². The Labute approximate surface area is 270 Å². The molecular formula is C35H38ClN3O5S. The van der Waals surface area contributed by atoms with E-state index in [0.717, 1.165) is 9.87 Å². The van der Waals surface area contributed by atoms with Gasteiger partial charge < -0.3 is 15.0 Å².